The number of fused-ring (bicyclic) bond motifs is 1. The molecule has 3 rings (SSSR count). The number of hydrogen-bond donors (Lipinski definition) is 2. The Morgan fingerprint density at radius 2 is 1.83 bits per heavy atom. The van der Waals surface area contributed by atoms with Crippen LogP contribution in [0.3, 0.4) is 0 Å². The summed E-state index contributed by atoms with van der Waals surface area (Å²) < 4.78 is 5.34. The first kappa shape index (κ1) is 15.8. The molecular weight excluding hydrogens is 304 g/mol. The predicted molar refractivity (Wildman–Crippen MR) is 93.4 cm³/mol. The minimum Gasteiger partial charge on any atom is -0.496 e. The molecule has 1 amide bonds. The van der Waals surface area contributed by atoms with Gasteiger partial charge in [0.05, 0.1) is 18.7 Å². The van der Waals surface area contributed by atoms with Gasteiger partial charge in [0.25, 0.3) is 5.91 Å². The van der Waals surface area contributed by atoms with E-state index in [9.17, 15) is 9.59 Å². The van der Waals surface area contributed by atoms with Crippen molar-refractivity contribution in [2.45, 2.75) is 13.0 Å². The molecule has 1 atom stereocenters. The topological polar surface area (TPSA) is 71.2 Å². The number of methoxy groups -OCH3 is 1. The van der Waals surface area contributed by atoms with Crippen LogP contribution in [0.4, 0.5) is 0 Å². The second kappa shape index (κ2) is 6.58. The Kier molecular flexibility index (Phi) is 4.33. The van der Waals surface area contributed by atoms with Gasteiger partial charge in [-0.2, -0.15) is 0 Å². The van der Waals surface area contributed by atoms with Crippen LogP contribution in [0.25, 0.3) is 10.9 Å². The highest BCUT2D eigenvalue weighted by Gasteiger charge is 2.17. The van der Waals surface area contributed by atoms with Gasteiger partial charge < -0.3 is 15.0 Å². The standard InChI is InChI=1S/C19H18N2O3/c1-12(13-7-4-6-10-17(13)24-2)20-19(23)15-11-18(22)21-16-9-5-3-8-14(15)16/h3-12H,1-2H3,(H,20,23)(H,21,22)/t12-/m0/s1. The maximum Gasteiger partial charge on any atom is 0.252 e. The molecule has 2 aromatic carbocycles. The molecule has 1 heterocycles. The van der Waals surface area contributed by atoms with E-state index in [1.165, 1.54) is 6.07 Å². The van der Waals surface area contributed by atoms with Gasteiger partial charge in [-0.3, -0.25) is 9.59 Å². The van der Waals surface area contributed by atoms with E-state index in [0.29, 0.717) is 22.2 Å². The number of nitrogens with one attached hydrogen (secondary N) is 2. The van der Waals surface area contributed by atoms with Crippen LogP contribution in [0.2, 0.25) is 0 Å². The van der Waals surface area contributed by atoms with Gasteiger partial charge in [-0.25, -0.2) is 0 Å². The average molecular weight is 322 g/mol. The van der Waals surface area contributed by atoms with Crippen LogP contribution in [-0.4, -0.2) is 18.0 Å². The van der Waals surface area contributed by atoms with Gasteiger partial charge >= 0.3 is 0 Å². The summed E-state index contributed by atoms with van der Waals surface area (Å²) in [6.07, 6.45) is 0. The molecule has 0 saturated heterocycles. The summed E-state index contributed by atoms with van der Waals surface area (Å²) in [5.41, 5.74) is 1.57. The number of benzene rings is 2. The Morgan fingerprint density at radius 3 is 2.62 bits per heavy atom. The van der Waals surface area contributed by atoms with Crippen molar-refractivity contribution in [1.29, 1.82) is 0 Å². The number of H-pyrrole nitrogens is 1. The van der Waals surface area contributed by atoms with Crippen molar-refractivity contribution in [2.24, 2.45) is 0 Å². The molecule has 122 valence electrons. The molecular formula is C19H18N2O3. The van der Waals surface area contributed by atoms with Crippen molar-refractivity contribution < 1.29 is 9.53 Å². The zero-order valence-electron chi connectivity index (χ0n) is 13.5. The van der Waals surface area contributed by atoms with Crippen LogP contribution in [0.5, 0.6) is 5.75 Å². The van der Waals surface area contributed by atoms with Crippen molar-refractivity contribution in [3.63, 3.8) is 0 Å². The van der Waals surface area contributed by atoms with E-state index in [1.807, 2.05) is 49.4 Å². The van der Waals surface area contributed by atoms with Crippen LogP contribution in [-0.2, 0) is 0 Å². The third-order valence-electron chi connectivity index (χ3n) is 3.95. The molecule has 0 aliphatic heterocycles. The second-order valence-electron chi connectivity index (χ2n) is 5.53. The minimum absolute atomic E-state index is 0.258. The maximum atomic E-state index is 12.7. The molecule has 0 aliphatic rings. The van der Waals surface area contributed by atoms with Crippen molar-refractivity contribution in [3.8, 4) is 5.75 Å². The van der Waals surface area contributed by atoms with Crippen LogP contribution >= 0.6 is 0 Å². The lowest BCUT2D eigenvalue weighted by molar-refractivity contribution is 0.0941. The number of aromatic amines is 1. The van der Waals surface area contributed by atoms with E-state index in [2.05, 4.69) is 10.3 Å². The summed E-state index contributed by atoms with van der Waals surface area (Å²) in [4.78, 5) is 27.2. The third-order valence-corrected chi connectivity index (χ3v) is 3.95. The smallest absolute Gasteiger partial charge is 0.252 e. The fourth-order valence-electron chi connectivity index (χ4n) is 2.77. The minimum atomic E-state index is -0.302. The Hall–Kier alpha value is -3.08. The molecule has 5 nitrogen and oxygen atoms in total. The van der Waals surface area contributed by atoms with E-state index >= 15 is 0 Å². The molecule has 1 aromatic heterocycles. The van der Waals surface area contributed by atoms with Gasteiger partial charge in [0.1, 0.15) is 5.75 Å². The fourth-order valence-corrected chi connectivity index (χ4v) is 2.77. The molecule has 0 aliphatic carbocycles. The summed E-state index contributed by atoms with van der Waals surface area (Å²) in [6.45, 7) is 1.88. The predicted octanol–water partition coefficient (Wildman–Crippen LogP) is 3.03. The molecule has 5 heteroatoms. The molecule has 2 N–H and O–H groups in total. The summed E-state index contributed by atoms with van der Waals surface area (Å²) in [5.74, 6) is 0.414. The van der Waals surface area contributed by atoms with Crippen LogP contribution < -0.4 is 15.6 Å². The SMILES string of the molecule is COc1ccccc1[C@H](C)NC(=O)c1cc(=O)[nH]c2ccccc12. The highest BCUT2D eigenvalue weighted by Crippen LogP contribution is 2.25. The lowest BCUT2D eigenvalue weighted by Crippen LogP contribution is -2.28. The van der Waals surface area contributed by atoms with E-state index < -0.39 is 0 Å². The average Bonchev–Trinajstić information content (AvgIpc) is 2.60. The van der Waals surface area contributed by atoms with E-state index in [4.69, 9.17) is 4.74 Å². The van der Waals surface area contributed by atoms with Crippen LogP contribution in [0, 0.1) is 0 Å². The number of hydrogen-bond acceptors (Lipinski definition) is 3. The monoisotopic (exact) mass is 322 g/mol. The first-order valence-electron chi connectivity index (χ1n) is 7.66. The molecule has 3 aromatic rings. The Morgan fingerprint density at radius 1 is 1.12 bits per heavy atom. The molecule has 0 spiro atoms. The van der Waals surface area contributed by atoms with Crippen LogP contribution in [0.1, 0.15) is 28.9 Å². The zero-order valence-corrected chi connectivity index (χ0v) is 13.5. The number of aromatic nitrogens is 1. The molecule has 0 saturated carbocycles. The Labute approximate surface area is 139 Å². The number of carbonyl (C=O) groups excluding carboxylic acids is 1. The number of pyridine rings is 1. The van der Waals surface area contributed by atoms with E-state index in [1.54, 1.807) is 13.2 Å². The number of rotatable bonds is 4. The van der Waals surface area contributed by atoms with Gasteiger partial charge in [-0.1, -0.05) is 36.4 Å². The maximum absolute atomic E-state index is 12.7. The summed E-state index contributed by atoms with van der Waals surface area (Å²) >= 11 is 0. The first-order chi connectivity index (χ1) is 11.6. The van der Waals surface area contributed by atoms with Gasteiger partial charge in [0.15, 0.2) is 0 Å². The van der Waals surface area contributed by atoms with Gasteiger partial charge in [0, 0.05) is 22.5 Å². The van der Waals surface area contributed by atoms with Crippen molar-refractivity contribution in [3.05, 3.63) is 76.1 Å². The molecule has 0 unspecified atom stereocenters. The molecule has 0 radical (unpaired) electrons. The largest absolute Gasteiger partial charge is 0.496 e. The second-order valence-corrected chi connectivity index (χ2v) is 5.53. The zero-order chi connectivity index (χ0) is 17.1. The van der Waals surface area contributed by atoms with E-state index in [0.717, 1.165) is 5.56 Å². The van der Waals surface area contributed by atoms with Crippen LogP contribution in [0.15, 0.2) is 59.4 Å². The van der Waals surface area contributed by atoms with Crippen molar-refractivity contribution in [2.75, 3.05) is 7.11 Å². The highest BCUT2D eigenvalue weighted by molar-refractivity contribution is 6.06. The summed E-state index contributed by atoms with van der Waals surface area (Å²) in [5, 5.41) is 3.64. The first-order valence-corrected chi connectivity index (χ1v) is 7.66. The van der Waals surface area contributed by atoms with Gasteiger partial charge in [-0.05, 0) is 19.1 Å². The Balaban J connectivity index is 1.94. The number of ether oxygens (including phenoxy) is 1. The van der Waals surface area contributed by atoms with E-state index in [-0.39, 0.29) is 17.5 Å². The number of para-hydroxylation sites is 2. The molecule has 24 heavy (non-hydrogen) atoms. The molecule has 0 fully saturated rings. The summed E-state index contributed by atoms with van der Waals surface area (Å²) in [6, 6.07) is 15.8. The van der Waals surface area contributed by atoms with Crippen molar-refractivity contribution >= 4 is 16.8 Å². The third kappa shape index (κ3) is 3.01. The molecule has 0 bridgehead atoms. The fraction of sp³-hybridized carbons (Fsp3) is 0.158. The highest BCUT2D eigenvalue weighted by atomic mass is 16.5. The lowest BCUT2D eigenvalue weighted by Gasteiger charge is -2.17. The number of amides is 1. The summed E-state index contributed by atoms with van der Waals surface area (Å²) in [7, 11) is 1.59. The lowest BCUT2D eigenvalue weighted by atomic mass is 10.1. The number of carbonyl (C=O) groups is 1. The normalized spacial score (nSPS) is 11.9. The quantitative estimate of drug-likeness (QED) is 0.775. The van der Waals surface area contributed by atoms with Crippen molar-refractivity contribution in [1.82, 2.24) is 10.3 Å². The van der Waals surface area contributed by atoms with Gasteiger partial charge in [0.2, 0.25) is 5.56 Å². The van der Waals surface area contributed by atoms with Gasteiger partial charge in [-0.15, -0.1) is 0 Å². The Bertz CT molecular complexity index is 946.